The van der Waals surface area contributed by atoms with Crippen LogP contribution >= 0.6 is 11.8 Å². The van der Waals surface area contributed by atoms with E-state index in [1.165, 1.54) is 12.2 Å². The van der Waals surface area contributed by atoms with Crippen molar-refractivity contribution in [3.63, 3.8) is 0 Å². The number of nitrogens with zero attached hydrogens (tertiary/aromatic N) is 2. The number of thioether (sulfide) groups is 1. The van der Waals surface area contributed by atoms with Gasteiger partial charge in [-0.3, -0.25) is 4.99 Å². The molecule has 0 saturated carbocycles. The first-order valence-corrected chi connectivity index (χ1v) is 7.48. The van der Waals surface area contributed by atoms with Crippen LogP contribution in [0.3, 0.4) is 0 Å². The maximum absolute atomic E-state index is 5.32. The van der Waals surface area contributed by atoms with E-state index in [0.717, 1.165) is 30.1 Å². The van der Waals surface area contributed by atoms with Crippen LogP contribution in [0.25, 0.3) is 0 Å². The summed E-state index contributed by atoms with van der Waals surface area (Å²) in [6, 6.07) is 3.88. The van der Waals surface area contributed by atoms with Crippen LogP contribution in [0.5, 0.6) is 0 Å². The number of guanidine groups is 1. The Morgan fingerprint density at radius 3 is 3.22 bits per heavy atom. The van der Waals surface area contributed by atoms with Crippen LogP contribution in [-0.4, -0.2) is 42.0 Å². The van der Waals surface area contributed by atoms with E-state index in [-0.39, 0.29) is 0 Å². The summed E-state index contributed by atoms with van der Waals surface area (Å²) in [5.74, 6) is 3.10. The van der Waals surface area contributed by atoms with Gasteiger partial charge < -0.3 is 14.6 Å². The maximum atomic E-state index is 5.32. The van der Waals surface area contributed by atoms with E-state index in [0.29, 0.717) is 6.54 Å². The van der Waals surface area contributed by atoms with Crippen molar-refractivity contribution >= 4 is 17.7 Å². The Morgan fingerprint density at radius 1 is 1.67 bits per heavy atom. The molecule has 18 heavy (non-hydrogen) atoms. The maximum Gasteiger partial charge on any atom is 0.194 e. The summed E-state index contributed by atoms with van der Waals surface area (Å²) in [5.41, 5.74) is 0. The fourth-order valence-electron chi connectivity index (χ4n) is 2.07. The first kappa shape index (κ1) is 13.3. The van der Waals surface area contributed by atoms with Gasteiger partial charge in [0.2, 0.25) is 0 Å². The third-order valence-electron chi connectivity index (χ3n) is 3.11. The first-order chi connectivity index (χ1) is 8.83. The van der Waals surface area contributed by atoms with Gasteiger partial charge in [-0.1, -0.05) is 6.92 Å². The molecule has 2 rings (SSSR count). The molecule has 0 radical (unpaired) electrons. The van der Waals surface area contributed by atoms with E-state index >= 15 is 0 Å². The lowest BCUT2D eigenvalue weighted by atomic mass is 10.3. The molecule has 0 spiro atoms. The zero-order valence-corrected chi connectivity index (χ0v) is 11.9. The van der Waals surface area contributed by atoms with Gasteiger partial charge in [-0.15, -0.1) is 0 Å². The SMILES string of the molecule is CCC1CN(C(=NC)NCc2ccco2)CCS1. The minimum Gasteiger partial charge on any atom is -0.467 e. The van der Waals surface area contributed by atoms with Gasteiger partial charge in [0.25, 0.3) is 0 Å². The van der Waals surface area contributed by atoms with E-state index in [1.807, 2.05) is 19.2 Å². The monoisotopic (exact) mass is 267 g/mol. The number of hydrogen-bond donors (Lipinski definition) is 1. The van der Waals surface area contributed by atoms with Crippen molar-refractivity contribution in [1.82, 2.24) is 10.2 Å². The Kier molecular flexibility index (Phi) is 4.99. The Hall–Kier alpha value is -1.10. The van der Waals surface area contributed by atoms with E-state index in [2.05, 4.69) is 33.9 Å². The second-order valence-electron chi connectivity index (χ2n) is 4.33. The van der Waals surface area contributed by atoms with Crippen LogP contribution < -0.4 is 5.32 Å². The molecule has 2 heterocycles. The molecule has 1 aromatic heterocycles. The normalized spacial score (nSPS) is 21.1. The van der Waals surface area contributed by atoms with E-state index in [1.54, 1.807) is 6.26 Å². The molecule has 0 aromatic carbocycles. The van der Waals surface area contributed by atoms with Gasteiger partial charge in [0, 0.05) is 31.1 Å². The van der Waals surface area contributed by atoms with Crippen molar-refractivity contribution in [2.24, 2.45) is 4.99 Å². The zero-order chi connectivity index (χ0) is 12.8. The quantitative estimate of drug-likeness (QED) is 0.673. The molecule has 4 nitrogen and oxygen atoms in total. The van der Waals surface area contributed by atoms with Crippen molar-refractivity contribution in [3.8, 4) is 0 Å². The van der Waals surface area contributed by atoms with Gasteiger partial charge in [0.15, 0.2) is 5.96 Å². The molecule has 1 saturated heterocycles. The van der Waals surface area contributed by atoms with Gasteiger partial charge in [0.05, 0.1) is 12.8 Å². The molecule has 1 unspecified atom stereocenters. The molecule has 100 valence electrons. The van der Waals surface area contributed by atoms with Crippen LogP contribution in [0.4, 0.5) is 0 Å². The molecule has 0 bridgehead atoms. The Balaban J connectivity index is 1.88. The fraction of sp³-hybridized carbons (Fsp3) is 0.615. The predicted octanol–water partition coefficient (Wildman–Crippen LogP) is 2.18. The summed E-state index contributed by atoms with van der Waals surface area (Å²) in [7, 11) is 1.84. The minimum absolute atomic E-state index is 0.695. The Labute approximate surface area is 113 Å². The topological polar surface area (TPSA) is 40.8 Å². The summed E-state index contributed by atoms with van der Waals surface area (Å²) < 4.78 is 5.32. The largest absolute Gasteiger partial charge is 0.467 e. The molecule has 0 aliphatic carbocycles. The van der Waals surface area contributed by atoms with Crippen LogP contribution in [0.2, 0.25) is 0 Å². The summed E-state index contributed by atoms with van der Waals surface area (Å²) in [6.07, 6.45) is 2.92. The highest BCUT2D eigenvalue weighted by atomic mass is 32.2. The zero-order valence-electron chi connectivity index (χ0n) is 11.1. The average molecular weight is 267 g/mol. The lowest BCUT2D eigenvalue weighted by Gasteiger charge is -2.34. The summed E-state index contributed by atoms with van der Waals surface area (Å²) >= 11 is 2.07. The van der Waals surface area contributed by atoms with Crippen molar-refractivity contribution in [1.29, 1.82) is 0 Å². The Bertz CT molecular complexity index is 378. The molecule has 1 atom stereocenters. The molecule has 1 aliphatic heterocycles. The average Bonchev–Trinajstić information content (AvgIpc) is 2.93. The first-order valence-electron chi connectivity index (χ1n) is 6.43. The lowest BCUT2D eigenvalue weighted by Crippen LogP contribution is -2.47. The number of aliphatic imine (C=N–C) groups is 1. The van der Waals surface area contributed by atoms with Gasteiger partial charge in [-0.25, -0.2) is 0 Å². The van der Waals surface area contributed by atoms with E-state index in [9.17, 15) is 0 Å². The molecule has 1 aliphatic rings. The van der Waals surface area contributed by atoms with E-state index < -0.39 is 0 Å². The fourth-order valence-corrected chi connectivity index (χ4v) is 3.25. The number of furan rings is 1. The van der Waals surface area contributed by atoms with Gasteiger partial charge in [0.1, 0.15) is 5.76 Å². The van der Waals surface area contributed by atoms with Gasteiger partial charge in [-0.2, -0.15) is 11.8 Å². The molecule has 1 aromatic rings. The van der Waals surface area contributed by atoms with Crippen molar-refractivity contribution in [3.05, 3.63) is 24.2 Å². The molecular formula is C13H21N3OS. The second kappa shape index (κ2) is 6.73. The molecule has 1 N–H and O–H groups in total. The van der Waals surface area contributed by atoms with Crippen molar-refractivity contribution in [2.75, 3.05) is 25.9 Å². The standard InChI is InChI=1S/C13H21N3OS/c1-3-12-10-16(6-8-18-12)13(14-2)15-9-11-5-4-7-17-11/h4-5,7,12H,3,6,8-10H2,1-2H3,(H,14,15). The second-order valence-corrected chi connectivity index (χ2v) is 5.74. The highest BCUT2D eigenvalue weighted by Gasteiger charge is 2.21. The van der Waals surface area contributed by atoms with Crippen LogP contribution in [0.1, 0.15) is 19.1 Å². The van der Waals surface area contributed by atoms with Gasteiger partial charge in [-0.05, 0) is 18.6 Å². The summed E-state index contributed by atoms with van der Waals surface area (Å²) in [6.45, 7) is 5.10. The Morgan fingerprint density at radius 2 is 2.56 bits per heavy atom. The van der Waals surface area contributed by atoms with Crippen molar-refractivity contribution in [2.45, 2.75) is 25.1 Å². The molecule has 5 heteroatoms. The third-order valence-corrected chi connectivity index (χ3v) is 4.48. The van der Waals surface area contributed by atoms with Crippen LogP contribution in [-0.2, 0) is 6.54 Å². The summed E-state index contributed by atoms with van der Waals surface area (Å²) in [5, 5.41) is 4.08. The van der Waals surface area contributed by atoms with Crippen LogP contribution in [0, 0.1) is 0 Å². The highest BCUT2D eigenvalue weighted by Crippen LogP contribution is 2.21. The van der Waals surface area contributed by atoms with Crippen molar-refractivity contribution < 1.29 is 4.42 Å². The van der Waals surface area contributed by atoms with Gasteiger partial charge >= 0.3 is 0 Å². The number of rotatable bonds is 3. The van der Waals surface area contributed by atoms with Crippen LogP contribution in [0.15, 0.2) is 27.8 Å². The third kappa shape index (κ3) is 3.45. The molecular weight excluding hydrogens is 246 g/mol. The number of hydrogen-bond acceptors (Lipinski definition) is 3. The highest BCUT2D eigenvalue weighted by molar-refractivity contribution is 8.00. The van der Waals surface area contributed by atoms with E-state index in [4.69, 9.17) is 4.42 Å². The smallest absolute Gasteiger partial charge is 0.194 e. The predicted molar refractivity (Wildman–Crippen MR) is 77.0 cm³/mol. The number of nitrogens with one attached hydrogen (secondary N) is 1. The minimum atomic E-state index is 0.695. The lowest BCUT2D eigenvalue weighted by molar-refractivity contribution is 0.403. The molecule has 1 fully saturated rings. The molecule has 0 amide bonds. The summed E-state index contributed by atoms with van der Waals surface area (Å²) in [4.78, 5) is 6.70.